The summed E-state index contributed by atoms with van der Waals surface area (Å²) in [5, 5.41) is 4.13. The number of aromatic nitrogens is 2. The van der Waals surface area contributed by atoms with Crippen LogP contribution in [0.1, 0.15) is 43.9 Å². The van der Waals surface area contributed by atoms with Crippen molar-refractivity contribution in [2.45, 2.75) is 38.3 Å². The molecular weight excluding hydrogens is 248 g/mol. The SMILES string of the molecule is CCC(N)C(C)c1nc(C2CSCCN2C)no1. The van der Waals surface area contributed by atoms with Crippen LogP contribution in [0.2, 0.25) is 0 Å². The summed E-state index contributed by atoms with van der Waals surface area (Å²) >= 11 is 1.94. The van der Waals surface area contributed by atoms with Crippen molar-refractivity contribution in [1.29, 1.82) is 0 Å². The molecule has 2 rings (SSSR count). The van der Waals surface area contributed by atoms with Gasteiger partial charge in [0.25, 0.3) is 0 Å². The molecular formula is C12H22N4OS. The van der Waals surface area contributed by atoms with Crippen LogP contribution in [-0.2, 0) is 0 Å². The Kier molecular flexibility index (Phi) is 4.64. The van der Waals surface area contributed by atoms with E-state index in [1.165, 1.54) is 5.75 Å². The summed E-state index contributed by atoms with van der Waals surface area (Å²) in [7, 11) is 2.11. The van der Waals surface area contributed by atoms with Gasteiger partial charge in [0.1, 0.15) is 0 Å². The van der Waals surface area contributed by atoms with Crippen molar-refractivity contribution in [2.24, 2.45) is 5.73 Å². The molecule has 0 spiro atoms. The molecule has 0 radical (unpaired) electrons. The summed E-state index contributed by atoms with van der Waals surface area (Å²) in [5.41, 5.74) is 6.02. The molecule has 3 atom stereocenters. The van der Waals surface area contributed by atoms with E-state index in [9.17, 15) is 0 Å². The first-order valence-corrected chi connectivity index (χ1v) is 7.66. The highest BCUT2D eigenvalue weighted by Gasteiger charge is 2.27. The third kappa shape index (κ3) is 2.87. The Morgan fingerprint density at radius 1 is 1.61 bits per heavy atom. The van der Waals surface area contributed by atoms with E-state index < -0.39 is 0 Å². The molecule has 1 aromatic heterocycles. The van der Waals surface area contributed by atoms with Gasteiger partial charge < -0.3 is 10.3 Å². The summed E-state index contributed by atoms with van der Waals surface area (Å²) in [6.07, 6.45) is 0.915. The van der Waals surface area contributed by atoms with Crippen LogP contribution in [0.25, 0.3) is 0 Å². The Morgan fingerprint density at radius 2 is 2.39 bits per heavy atom. The number of nitrogens with zero attached hydrogens (tertiary/aromatic N) is 3. The van der Waals surface area contributed by atoms with E-state index in [1.54, 1.807) is 0 Å². The molecule has 2 N–H and O–H groups in total. The van der Waals surface area contributed by atoms with Gasteiger partial charge in [-0.25, -0.2) is 0 Å². The first kappa shape index (κ1) is 13.8. The maximum absolute atomic E-state index is 6.02. The summed E-state index contributed by atoms with van der Waals surface area (Å²) in [5.74, 6) is 3.80. The van der Waals surface area contributed by atoms with E-state index in [-0.39, 0.29) is 18.0 Å². The minimum absolute atomic E-state index is 0.0803. The van der Waals surface area contributed by atoms with Gasteiger partial charge in [-0.1, -0.05) is 19.0 Å². The largest absolute Gasteiger partial charge is 0.339 e. The van der Waals surface area contributed by atoms with Crippen LogP contribution >= 0.6 is 11.8 Å². The van der Waals surface area contributed by atoms with E-state index >= 15 is 0 Å². The zero-order chi connectivity index (χ0) is 13.1. The molecule has 102 valence electrons. The first-order valence-electron chi connectivity index (χ1n) is 6.50. The third-order valence-electron chi connectivity index (χ3n) is 3.65. The standard InChI is InChI=1S/C12H22N4OS/c1-4-9(13)8(2)12-14-11(15-17-12)10-7-18-6-5-16(10)3/h8-10H,4-7,13H2,1-3H3. The number of nitrogens with two attached hydrogens (primary N) is 1. The summed E-state index contributed by atoms with van der Waals surface area (Å²) in [6.45, 7) is 5.19. The Balaban J connectivity index is 2.09. The summed E-state index contributed by atoms with van der Waals surface area (Å²) < 4.78 is 5.37. The van der Waals surface area contributed by atoms with Gasteiger partial charge in [-0.15, -0.1) is 0 Å². The molecule has 6 heteroatoms. The van der Waals surface area contributed by atoms with Crippen LogP contribution in [-0.4, -0.2) is 46.2 Å². The van der Waals surface area contributed by atoms with Gasteiger partial charge in [0.15, 0.2) is 5.82 Å². The van der Waals surface area contributed by atoms with Crippen LogP contribution in [0.5, 0.6) is 0 Å². The molecule has 2 heterocycles. The highest BCUT2D eigenvalue weighted by molar-refractivity contribution is 7.99. The van der Waals surface area contributed by atoms with Crippen molar-refractivity contribution in [1.82, 2.24) is 15.0 Å². The molecule has 0 saturated carbocycles. The Hall–Kier alpha value is -0.590. The average molecular weight is 270 g/mol. The van der Waals surface area contributed by atoms with Crippen LogP contribution in [0.4, 0.5) is 0 Å². The number of thioether (sulfide) groups is 1. The number of rotatable bonds is 4. The molecule has 0 aliphatic carbocycles. The predicted molar refractivity (Wildman–Crippen MR) is 73.7 cm³/mol. The monoisotopic (exact) mass is 270 g/mol. The molecule has 18 heavy (non-hydrogen) atoms. The van der Waals surface area contributed by atoms with Crippen molar-refractivity contribution >= 4 is 11.8 Å². The lowest BCUT2D eigenvalue weighted by molar-refractivity contribution is 0.255. The van der Waals surface area contributed by atoms with Gasteiger partial charge in [-0.05, 0) is 13.5 Å². The van der Waals surface area contributed by atoms with Gasteiger partial charge >= 0.3 is 0 Å². The molecule has 0 amide bonds. The predicted octanol–water partition coefficient (Wildman–Crippen LogP) is 1.63. The highest BCUT2D eigenvalue weighted by atomic mass is 32.2. The maximum atomic E-state index is 6.02. The zero-order valence-corrected chi connectivity index (χ0v) is 12.1. The molecule has 3 unspecified atom stereocenters. The molecule has 1 fully saturated rings. The van der Waals surface area contributed by atoms with Crippen LogP contribution in [0, 0.1) is 0 Å². The molecule has 5 nitrogen and oxygen atoms in total. The summed E-state index contributed by atoms with van der Waals surface area (Å²) in [4.78, 5) is 6.83. The van der Waals surface area contributed by atoms with Crippen molar-refractivity contribution in [3.8, 4) is 0 Å². The van der Waals surface area contributed by atoms with Gasteiger partial charge in [0.05, 0.1) is 12.0 Å². The van der Waals surface area contributed by atoms with Gasteiger partial charge in [-0.2, -0.15) is 16.7 Å². The topological polar surface area (TPSA) is 68.2 Å². The van der Waals surface area contributed by atoms with E-state index in [1.807, 2.05) is 18.7 Å². The smallest absolute Gasteiger partial charge is 0.231 e. The normalized spacial score (nSPS) is 25.0. The van der Waals surface area contributed by atoms with Gasteiger partial charge in [-0.3, -0.25) is 4.90 Å². The Bertz CT molecular complexity index is 384. The van der Waals surface area contributed by atoms with Crippen molar-refractivity contribution in [3.63, 3.8) is 0 Å². The highest BCUT2D eigenvalue weighted by Crippen LogP contribution is 2.27. The summed E-state index contributed by atoms with van der Waals surface area (Å²) in [6, 6.07) is 0.350. The molecule has 0 aromatic carbocycles. The minimum atomic E-state index is 0.0803. The van der Waals surface area contributed by atoms with Gasteiger partial charge in [0.2, 0.25) is 5.89 Å². The second kappa shape index (κ2) is 6.04. The maximum Gasteiger partial charge on any atom is 0.231 e. The van der Waals surface area contributed by atoms with E-state index in [0.717, 1.165) is 24.5 Å². The zero-order valence-electron chi connectivity index (χ0n) is 11.3. The van der Waals surface area contributed by atoms with Gasteiger partial charge in [0, 0.05) is 24.1 Å². The van der Waals surface area contributed by atoms with Crippen molar-refractivity contribution < 1.29 is 4.52 Å². The first-order chi connectivity index (χ1) is 8.63. The van der Waals surface area contributed by atoms with Crippen LogP contribution < -0.4 is 5.73 Å². The molecule has 0 bridgehead atoms. The fourth-order valence-corrected chi connectivity index (χ4v) is 3.27. The average Bonchev–Trinajstić information content (AvgIpc) is 2.87. The number of hydrogen-bond acceptors (Lipinski definition) is 6. The number of hydrogen-bond donors (Lipinski definition) is 1. The molecule has 1 aliphatic rings. The quantitative estimate of drug-likeness (QED) is 0.897. The third-order valence-corrected chi connectivity index (χ3v) is 4.68. The minimum Gasteiger partial charge on any atom is -0.339 e. The molecule has 1 aromatic rings. The van der Waals surface area contributed by atoms with Crippen LogP contribution in [0.3, 0.4) is 0 Å². The van der Waals surface area contributed by atoms with Crippen LogP contribution in [0.15, 0.2) is 4.52 Å². The van der Waals surface area contributed by atoms with E-state index in [2.05, 4.69) is 29.0 Å². The fourth-order valence-electron chi connectivity index (χ4n) is 2.06. The lowest BCUT2D eigenvalue weighted by Crippen LogP contribution is -2.33. The lowest BCUT2D eigenvalue weighted by Gasteiger charge is -2.29. The van der Waals surface area contributed by atoms with Crippen molar-refractivity contribution in [3.05, 3.63) is 11.7 Å². The fraction of sp³-hybridized carbons (Fsp3) is 0.833. The Labute approximate surface area is 112 Å². The van der Waals surface area contributed by atoms with E-state index in [0.29, 0.717) is 5.89 Å². The molecule has 1 aliphatic heterocycles. The van der Waals surface area contributed by atoms with E-state index in [4.69, 9.17) is 10.3 Å². The second-order valence-electron chi connectivity index (χ2n) is 4.92. The van der Waals surface area contributed by atoms with Crippen molar-refractivity contribution in [2.75, 3.05) is 25.1 Å². The second-order valence-corrected chi connectivity index (χ2v) is 6.07. The molecule has 1 saturated heterocycles. The Morgan fingerprint density at radius 3 is 3.06 bits per heavy atom. The lowest BCUT2D eigenvalue weighted by atomic mass is 10.0.